The number of hydrogen-bond donors (Lipinski definition) is 0. The summed E-state index contributed by atoms with van der Waals surface area (Å²) in [5.74, 6) is -1.41. The third kappa shape index (κ3) is 7.25. The van der Waals surface area contributed by atoms with Crippen LogP contribution in [0.15, 0.2) is 77.8 Å². The fourth-order valence-electron chi connectivity index (χ4n) is 3.82. The summed E-state index contributed by atoms with van der Waals surface area (Å²) in [5, 5.41) is 0. The number of rotatable bonds is 7. The molecule has 0 aliphatic carbocycles. The number of aliphatic imine (C=N–C) groups is 1. The molecule has 3 aromatic carbocycles. The van der Waals surface area contributed by atoms with E-state index in [1.54, 1.807) is 41.8 Å². The van der Waals surface area contributed by atoms with Crippen molar-refractivity contribution in [1.82, 2.24) is 4.90 Å². The summed E-state index contributed by atoms with van der Waals surface area (Å²) in [5.41, 5.74) is 0.855. The topological polar surface area (TPSA) is 59.0 Å². The molecule has 7 heteroatoms. The monoisotopic (exact) mass is 614 g/mol. The Bertz CT molecular complexity index is 1260. The SMILES string of the molecule is CN(C)C(=O)c1cc(F)cc(CC(C)(N=C(c2ccccc2)c2ccccc2)C(=O)OC(C)(C)C)c1I. The summed E-state index contributed by atoms with van der Waals surface area (Å²) >= 11 is 2.04. The molecule has 1 atom stereocenters. The number of ether oxygens (including phenoxy) is 1. The van der Waals surface area contributed by atoms with Gasteiger partial charge in [-0.1, -0.05) is 60.7 Å². The van der Waals surface area contributed by atoms with Crippen LogP contribution in [0.3, 0.4) is 0 Å². The van der Waals surface area contributed by atoms with E-state index in [4.69, 9.17) is 9.73 Å². The second kappa shape index (κ2) is 11.5. The average Bonchev–Trinajstić information content (AvgIpc) is 2.84. The zero-order chi connectivity index (χ0) is 27.4. The Morgan fingerprint density at radius 2 is 1.43 bits per heavy atom. The molecule has 3 aromatic rings. The van der Waals surface area contributed by atoms with Gasteiger partial charge in [-0.25, -0.2) is 9.18 Å². The molecule has 0 aromatic heterocycles. The maximum atomic E-state index is 14.7. The second-order valence-electron chi connectivity index (χ2n) is 10.3. The van der Waals surface area contributed by atoms with Crippen molar-refractivity contribution in [1.29, 1.82) is 0 Å². The van der Waals surface area contributed by atoms with Gasteiger partial charge in [-0.2, -0.15) is 0 Å². The van der Waals surface area contributed by atoms with Crippen molar-refractivity contribution in [2.24, 2.45) is 4.99 Å². The Labute approximate surface area is 231 Å². The van der Waals surface area contributed by atoms with E-state index in [0.717, 1.165) is 11.1 Å². The van der Waals surface area contributed by atoms with E-state index in [2.05, 4.69) is 0 Å². The van der Waals surface area contributed by atoms with Gasteiger partial charge in [0.25, 0.3) is 5.91 Å². The number of halogens is 2. The minimum Gasteiger partial charge on any atom is -0.458 e. The highest BCUT2D eigenvalue weighted by atomic mass is 127. The molecular formula is C30H32FIN2O3. The van der Waals surface area contributed by atoms with Gasteiger partial charge in [-0.3, -0.25) is 9.79 Å². The Kier molecular flexibility index (Phi) is 8.89. The summed E-state index contributed by atoms with van der Waals surface area (Å²) in [6.45, 7) is 7.08. The first kappa shape index (κ1) is 28.5. The summed E-state index contributed by atoms with van der Waals surface area (Å²) in [4.78, 5) is 32.9. The van der Waals surface area contributed by atoms with Crippen LogP contribution in [0.2, 0.25) is 0 Å². The van der Waals surface area contributed by atoms with E-state index in [1.165, 1.54) is 17.0 Å². The van der Waals surface area contributed by atoms with Crippen molar-refractivity contribution < 1.29 is 18.7 Å². The zero-order valence-corrected chi connectivity index (χ0v) is 24.2. The molecule has 0 radical (unpaired) electrons. The molecule has 1 amide bonds. The van der Waals surface area contributed by atoms with Crippen molar-refractivity contribution in [2.45, 2.75) is 45.3 Å². The van der Waals surface area contributed by atoms with Gasteiger partial charge < -0.3 is 9.64 Å². The summed E-state index contributed by atoms with van der Waals surface area (Å²) in [7, 11) is 3.23. The quantitative estimate of drug-likeness (QED) is 0.178. The van der Waals surface area contributed by atoms with Gasteiger partial charge in [0.1, 0.15) is 11.4 Å². The van der Waals surface area contributed by atoms with Gasteiger partial charge in [0.15, 0.2) is 5.54 Å². The van der Waals surface area contributed by atoms with Crippen LogP contribution in [0, 0.1) is 9.39 Å². The number of amides is 1. The Morgan fingerprint density at radius 3 is 1.89 bits per heavy atom. The molecule has 0 bridgehead atoms. The summed E-state index contributed by atoms with van der Waals surface area (Å²) in [6.07, 6.45) is 0.0365. The summed E-state index contributed by atoms with van der Waals surface area (Å²) < 4.78 is 21.1. The van der Waals surface area contributed by atoms with Crippen molar-refractivity contribution in [3.05, 3.63) is 104 Å². The fourth-order valence-corrected chi connectivity index (χ4v) is 4.55. The maximum absolute atomic E-state index is 14.7. The molecule has 0 aliphatic heterocycles. The molecule has 0 saturated heterocycles. The van der Waals surface area contributed by atoms with E-state index >= 15 is 0 Å². The van der Waals surface area contributed by atoms with Crippen LogP contribution in [0.5, 0.6) is 0 Å². The third-order valence-electron chi connectivity index (χ3n) is 5.58. The highest BCUT2D eigenvalue weighted by Gasteiger charge is 2.39. The smallest absolute Gasteiger partial charge is 0.334 e. The Balaban J connectivity index is 2.23. The number of carbonyl (C=O) groups excluding carboxylic acids is 2. The molecule has 5 nitrogen and oxygen atoms in total. The van der Waals surface area contributed by atoms with Gasteiger partial charge >= 0.3 is 5.97 Å². The average molecular weight is 614 g/mol. The molecule has 0 spiro atoms. The molecule has 3 rings (SSSR count). The largest absolute Gasteiger partial charge is 0.458 e. The molecule has 194 valence electrons. The Hall–Kier alpha value is -3.07. The highest BCUT2D eigenvalue weighted by molar-refractivity contribution is 14.1. The van der Waals surface area contributed by atoms with E-state index in [-0.39, 0.29) is 17.9 Å². The first-order valence-corrected chi connectivity index (χ1v) is 13.0. The fraction of sp³-hybridized carbons (Fsp3) is 0.300. The van der Waals surface area contributed by atoms with Crippen LogP contribution in [0.1, 0.15) is 54.7 Å². The number of benzene rings is 3. The van der Waals surface area contributed by atoms with Crippen molar-refractivity contribution in [3.8, 4) is 0 Å². The predicted octanol–water partition coefficient (Wildman–Crippen LogP) is 6.31. The number of esters is 1. The minimum absolute atomic E-state index is 0.0365. The zero-order valence-electron chi connectivity index (χ0n) is 22.0. The number of nitrogens with zero attached hydrogens (tertiary/aromatic N) is 2. The lowest BCUT2D eigenvalue weighted by atomic mass is 9.90. The lowest BCUT2D eigenvalue weighted by Crippen LogP contribution is -2.42. The normalized spacial score (nSPS) is 12.9. The highest BCUT2D eigenvalue weighted by Crippen LogP contribution is 2.30. The van der Waals surface area contributed by atoms with Crippen LogP contribution in [-0.4, -0.2) is 47.7 Å². The van der Waals surface area contributed by atoms with Crippen LogP contribution >= 0.6 is 22.6 Å². The van der Waals surface area contributed by atoms with Gasteiger partial charge in [-0.05, 0) is 68.0 Å². The minimum atomic E-state index is -1.42. The van der Waals surface area contributed by atoms with E-state index < -0.39 is 22.9 Å². The van der Waals surface area contributed by atoms with E-state index in [1.807, 2.05) is 83.3 Å². The lowest BCUT2D eigenvalue weighted by Gasteiger charge is -2.30. The van der Waals surface area contributed by atoms with E-state index in [0.29, 0.717) is 14.8 Å². The first-order chi connectivity index (χ1) is 17.3. The Morgan fingerprint density at radius 1 is 0.919 bits per heavy atom. The third-order valence-corrected chi connectivity index (χ3v) is 6.85. The molecule has 0 aliphatic rings. The van der Waals surface area contributed by atoms with Crippen molar-refractivity contribution in [3.63, 3.8) is 0 Å². The van der Waals surface area contributed by atoms with Crippen LogP contribution < -0.4 is 0 Å². The van der Waals surface area contributed by atoms with Crippen molar-refractivity contribution >= 4 is 40.2 Å². The predicted molar refractivity (Wildman–Crippen MR) is 154 cm³/mol. The maximum Gasteiger partial charge on any atom is 0.334 e. The first-order valence-electron chi connectivity index (χ1n) is 11.9. The standard InChI is InChI=1S/C30H32FIN2O3/c1-29(2,3)37-28(36)30(4,19-22-17-23(31)18-24(25(22)32)27(35)34(5)6)33-26(20-13-9-7-10-14-20)21-15-11-8-12-16-21/h7-18H,19H2,1-6H3. The van der Waals surface area contributed by atoms with Crippen LogP contribution in [0.25, 0.3) is 0 Å². The number of carbonyl (C=O) groups is 2. The van der Waals surface area contributed by atoms with Gasteiger partial charge in [0.2, 0.25) is 0 Å². The van der Waals surface area contributed by atoms with Crippen LogP contribution in [-0.2, 0) is 16.0 Å². The lowest BCUT2D eigenvalue weighted by molar-refractivity contribution is -0.160. The second-order valence-corrected chi connectivity index (χ2v) is 11.3. The van der Waals surface area contributed by atoms with Gasteiger partial charge in [-0.15, -0.1) is 0 Å². The molecule has 0 fully saturated rings. The molecule has 0 saturated carbocycles. The van der Waals surface area contributed by atoms with E-state index in [9.17, 15) is 14.0 Å². The van der Waals surface area contributed by atoms with Crippen LogP contribution in [0.4, 0.5) is 4.39 Å². The van der Waals surface area contributed by atoms with Gasteiger partial charge in [0.05, 0.1) is 11.3 Å². The van der Waals surface area contributed by atoms with Gasteiger partial charge in [0, 0.05) is 35.2 Å². The molecule has 1 unspecified atom stereocenters. The summed E-state index contributed by atoms with van der Waals surface area (Å²) in [6, 6.07) is 21.8. The van der Waals surface area contributed by atoms with Crippen molar-refractivity contribution in [2.75, 3.05) is 14.1 Å². The molecule has 37 heavy (non-hydrogen) atoms. The molecular weight excluding hydrogens is 582 g/mol. The molecule has 0 heterocycles. The molecule has 0 N–H and O–H groups in total. The number of hydrogen-bond acceptors (Lipinski definition) is 4.